The molecular weight excluding hydrogens is 346 g/mol. The Morgan fingerprint density at radius 2 is 1.88 bits per heavy atom. The summed E-state index contributed by atoms with van der Waals surface area (Å²) < 4.78 is 11.5. The Kier molecular flexibility index (Phi) is 4.71. The second kappa shape index (κ2) is 7.45. The van der Waals surface area contributed by atoms with Crippen LogP contribution in [0, 0.1) is 0 Å². The maximum absolute atomic E-state index is 12.2. The van der Waals surface area contributed by atoms with Crippen molar-refractivity contribution in [3.63, 3.8) is 0 Å². The number of hydrogen-bond acceptors (Lipinski definition) is 4. The normalized spacial score (nSPS) is 10.8. The lowest BCUT2D eigenvalue weighted by molar-refractivity contribution is 0.0919. The second-order valence-electron chi connectivity index (χ2n) is 5.79. The van der Waals surface area contributed by atoms with E-state index in [0.29, 0.717) is 12.3 Å². The largest absolute Gasteiger partial charge is 0.485 e. The van der Waals surface area contributed by atoms with E-state index in [2.05, 4.69) is 5.32 Å². The lowest BCUT2D eigenvalue weighted by Crippen LogP contribution is -2.21. The molecule has 2 aromatic carbocycles. The average molecular weight is 363 g/mol. The molecule has 0 saturated carbocycles. The van der Waals surface area contributed by atoms with Crippen LogP contribution in [0.1, 0.15) is 21.2 Å². The highest BCUT2D eigenvalue weighted by Crippen LogP contribution is 2.26. The van der Waals surface area contributed by atoms with Gasteiger partial charge in [0.25, 0.3) is 5.91 Å². The fourth-order valence-corrected chi connectivity index (χ4v) is 3.36. The summed E-state index contributed by atoms with van der Waals surface area (Å²) in [6, 6.07) is 21.4. The fourth-order valence-electron chi connectivity index (χ4n) is 2.72. The van der Waals surface area contributed by atoms with Crippen molar-refractivity contribution in [1.82, 2.24) is 5.32 Å². The maximum atomic E-state index is 12.2. The zero-order valence-corrected chi connectivity index (χ0v) is 14.8. The van der Waals surface area contributed by atoms with E-state index < -0.39 is 0 Å². The Bertz CT molecular complexity index is 1020. The molecule has 0 fully saturated rings. The number of ether oxygens (including phenoxy) is 1. The topological polar surface area (TPSA) is 51.5 Å². The highest BCUT2D eigenvalue weighted by atomic mass is 32.1. The van der Waals surface area contributed by atoms with E-state index in [1.807, 2.05) is 60.0 Å². The molecule has 5 heteroatoms. The van der Waals surface area contributed by atoms with E-state index in [4.69, 9.17) is 9.15 Å². The zero-order valence-electron chi connectivity index (χ0n) is 14.0. The third-order valence-electron chi connectivity index (χ3n) is 4.01. The number of benzene rings is 2. The summed E-state index contributed by atoms with van der Waals surface area (Å²) in [5.41, 5.74) is 0. The number of hydrogen-bond donors (Lipinski definition) is 1. The van der Waals surface area contributed by atoms with Gasteiger partial charge in [0.05, 0.1) is 6.54 Å². The molecule has 1 N–H and O–H groups in total. The van der Waals surface area contributed by atoms with Crippen LogP contribution in [-0.4, -0.2) is 5.91 Å². The maximum Gasteiger partial charge on any atom is 0.287 e. The molecule has 0 atom stereocenters. The van der Waals surface area contributed by atoms with Crippen molar-refractivity contribution in [2.45, 2.75) is 13.2 Å². The van der Waals surface area contributed by atoms with Crippen molar-refractivity contribution in [3.05, 3.63) is 88.5 Å². The van der Waals surface area contributed by atoms with Crippen molar-refractivity contribution >= 4 is 28.0 Å². The van der Waals surface area contributed by atoms with E-state index in [9.17, 15) is 4.79 Å². The first kappa shape index (κ1) is 16.4. The van der Waals surface area contributed by atoms with Gasteiger partial charge in [-0.25, -0.2) is 0 Å². The van der Waals surface area contributed by atoms with Crippen LogP contribution in [0.3, 0.4) is 0 Å². The minimum absolute atomic E-state index is 0.227. The van der Waals surface area contributed by atoms with E-state index in [0.717, 1.165) is 21.4 Å². The molecule has 0 unspecified atom stereocenters. The lowest BCUT2D eigenvalue weighted by atomic mass is 10.1. The summed E-state index contributed by atoms with van der Waals surface area (Å²) in [4.78, 5) is 13.3. The summed E-state index contributed by atoms with van der Waals surface area (Å²) >= 11 is 1.61. The highest BCUT2D eigenvalue weighted by Gasteiger charge is 2.12. The van der Waals surface area contributed by atoms with Crippen molar-refractivity contribution in [1.29, 1.82) is 0 Å². The van der Waals surface area contributed by atoms with Crippen LogP contribution in [0.25, 0.3) is 10.8 Å². The number of thiophene rings is 1. The van der Waals surface area contributed by atoms with Gasteiger partial charge in [0, 0.05) is 10.3 Å². The summed E-state index contributed by atoms with van der Waals surface area (Å²) in [6.45, 7) is 0.769. The standard InChI is InChI=1S/C21H17NO3S/c23-21(22-13-17-7-4-12-26-17)20-11-10-16(25-20)14-24-19-9-3-6-15-5-1-2-8-18(15)19/h1-12H,13-14H2,(H,22,23). The molecule has 0 radical (unpaired) electrons. The van der Waals surface area contributed by atoms with Crippen LogP contribution >= 0.6 is 11.3 Å². The predicted molar refractivity (Wildman–Crippen MR) is 102 cm³/mol. The molecule has 4 nitrogen and oxygen atoms in total. The Morgan fingerprint density at radius 1 is 1.00 bits per heavy atom. The molecule has 0 aliphatic rings. The molecule has 1 amide bonds. The molecule has 0 aliphatic heterocycles. The Balaban J connectivity index is 1.39. The smallest absolute Gasteiger partial charge is 0.287 e. The first-order chi connectivity index (χ1) is 12.8. The van der Waals surface area contributed by atoms with E-state index in [-0.39, 0.29) is 18.3 Å². The number of fused-ring (bicyclic) bond motifs is 1. The summed E-state index contributed by atoms with van der Waals surface area (Å²) in [7, 11) is 0. The predicted octanol–water partition coefficient (Wildman–Crippen LogP) is 5.00. The molecule has 0 bridgehead atoms. The molecule has 130 valence electrons. The Labute approximate surface area is 155 Å². The quantitative estimate of drug-likeness (QED) is 0.524. The van der Waals surface area contributed by atoms with Gasteiger partial charge in [-0.05, 0) is 35.0 Å². The van der Waals surface area contributed by atoms with Crippen molar-refractivity contribution < 1.29 is 13.9 Å². The SMILES string of the molecule is O=C(NCc1cccs1)c1ccc(COc2cccc3ccccc23)o1. The molecule has 2 aromatic heterocycles. The molecule has 0 spiro atoms. The molecule has 0 saturated heterocycles. The number of carbonyl (C=O) groups excluding carboxylic acids is 1. The van der Waals surface area contributed by atoms with Crippen molar-refractivity contribution in [3.8, 4) is 5.75 Å². The Hall–Kier alpha value is -3.05. The highest BCUT2D eigenvalue weighted by molar-refractivity contribution is 7.09. The van der Waals surface area contributed by atoms with Gasteiger partial charge in [-0.3, -0.25) is 4.79 Å². The van der Waals surface area contributed by atoms with Crippen LogP contribution in [0.5, 0.6) is 5.75 Å². The van der Waals surface area contributed by atoms with Gasteiger partial charge >= 0.3 is 0 Å². The van der Waals surface area contributed by atoms with Gasteiger partial charge in [-0.2, -0.15) is 0 Å². The van der Waals surface area contributed by atoms with Gasteiger partial charge in [0.15, 0.2) is 5.76 Å². The van der Waals surface area contributed by atoms with Gasteiger partial charge in [-0.15, -0.1) is 11.3 Å². The first-order valence-electron chi connectivity index (χ1n) is 8.29. The Morgan fingerprint density at radius 3 is 2.77 bits per heavy atom. The fraction of sp³-hybridized carbons (Fsp3) is 0.0952. The number of carbonyl (C=O) groups is 1. The number of furan rings is 1. The summed E-state index contributed by atoms with van der Waals surface area (Å²) in [5, 5.41) is 7.01. The van der Waals surface area contributed by atoms with Gasteiger partial charge in [0.2, 0.25) is 0 Å². The number of nitrogens with one attached hydrogen (secondary N) is 1. The molecule has 0 aliphatic carbocycles. The summed E-state index contributed by atoms with van der Waals surface area (Å²) in [5.74, 6) is 1.47. The van der Waals surface area contributed by atoms with Crippen LogP contribution in [0.15, 0.2) is 76.5 Å². The third-order valence-corrected chi connectivity index (χ3v) is 4.88. The molecule has 4 aromatic rings. The number of rotatable bonds is 6. The summed E-state index contributed by atoms with van der Waals surface area (Å²) in [6.07, 6.45) is 0. The van der Waals surface area contributed by atoms with Crippen LogP contribution in [0.4, 0.5) is 0 Å². The average Bonchev–Trinajstić information content (AvgIpc) is 3.36. The zero-order chi connectivity index (χ0) is 17.8. The first-order valence-corrected chi connectivity index (χ1v) is 9.17. The van der Waals surface area contributed by atoms with E-state index in [1.165, 1.54) is 0 Å². The minimum Gasteiger partial charge on any atom is -0.485 e. The van der Waals surface area contributed by atoms with Crippen LogP contribution in [0.2, 0.25) is 0 Å². The van der Waals surface area contributed by atoms with Crippen LogP contribution in [-0.2, 0) is 13.2 Å². The number of amides is 1. The monoisotopic (exact) mass is 363 g/mol. The van der Waals surface area contributed by atoms with Gasteiger partial charge in [0.1, 0.15) is 18.1 Å². The van der Waals surface area contributed by atoms with E-state index >= 15 is 0 Å². The minimum atomic E-state index is -0.227. The third kappa shape index (κ3) is 3.63. The second-order valence-corrected chi connectivity index (χ2v) is 6.83. The van der Waals surface area contributed by atoms with Gasteiger partial charge < -0.3 is 14.5 Å². The lowest BCUT2D eigenvalue weighted by Gasteiger charge is -2.08. The van der Waals surface area contributed by atoms with Crippen molar-refractivity contribution in [2.75, 3.05) is 0 Å². The van der Waals surface area contributed by atoms with Crippen LogP contribution < -0.4 is 10.1 Å². The molecule has 2 heterocycles. The molecule has 4 rings (SSSR count). The van der Waals surface area contributed by atoms with Gasteiger partial charge in [-0.1, -0.05) is 42.5 Å². The molecule has 26 heavy (non-hydrogen) atoms. The van der Waals surface area contributed by atoms with E-state index in [1.54, 1.807) is 23.5 Å². The van der Waals surface area contributed by atoms with Crippen molar-refractivity contribution in [2.24, 2.45) is 0 Å². The molecular formula is C21H17NO3S.